The molecule has 1 aliphatic carbocycles. The van der Waals surface area contributed by atoms with E-state index in [-0.39, 0.29) is 42.4 Å². The number of rotatable bonds is 5. The number of imide groups is 1. The summed E-state index contributed by atoms with van der Waals surface area (Å²) in [5.41, 5.74) is -0.108. The van der Waals surface area contributed by atoms with E-state index in [1.807, 2.05) is 0 Å². The molecule has 2 unspecified atom stereocenters. The van der Waals surface area contributed by atoms with Crippen LogP contribution >= 0.6 is 0 Å². The predicted molar refractivity (Wildman–Crippen MR) is 101 cm³/mol. The molecular formula is C21H24F3N3O3. The van der Waals surface area contributed by atoms with Crippen molar-refractivity contribution in [3.05, 3.63) is 35.4 Å². The highest BCUT2D eigenvalue weighted by Gasteiger charge is 2.46. The molecule has 2 aliphatic heterocycles. The van der Waals surface area contributed by atoms with Crippen LogP contribution in [0.2, 0.25) is 0 Å². The summed E-state index contributed by atoms with van der Waals surface area (Å²) in [5, 5.41) is 0. The van der Waals surface area contributed by atoms with Gasteiger partial charge in [0, 0.05) is 58.0 Å². The van der Waals surface area contributed by atoms with E-state index in [0.29, 0.717) is 51.3 Å². The number of carbonyl (C=O) groups excluding carboxylic acids is 3. The summed E-state index contributed by atoms with van der Waals surface area (Å²) < 4.78 is 38.8. The van der Waals surface area contributed by atoms with Gasteiger partial charge in [0.2, 0.25) is 17.7 Å². The highest BCUT2D eigenvalue weighted by molar-refractivity contribution is 6.01. The summed E-state index contributed by atoms with van der Waals surface area (Å²) in [5.74, 6) is -0.641. The minimum absolute atomic E-state index is 0.00182. The van der Waals surface area contributed by atoms with Gasteiger partial charge in [-0.2, -0.15) is 13.2 Å². The van der Waals surface area contributed by atoms with Crippen LogP contribution in [0.15, 0.2) is 24.3 Å². The van der Waals surface area contributed by atoms with Crippen molar-refractivity contribution in [2.75, 3.05) is 39.3 Å². The van der Waals surface area contributed by atoms with Crippen molar-refractivity contribution >= 4 is 17.7 Å². The van der Waals surface area contributed by atoms with Gasteiger partial charge in [0.1, 0.15) is 0 Å². The van der Waals surface area contributed by atoms with Gasteiger partial charge in [-0.3, -0.25) is 24.2 Å². The van der Waals surface area contributed by atoms with Crippen molar-refractivity contribution in [1.29, 1.82) is 0 Å². The van der Waals surface area contributed by atoms with Crippen LogP contribution in [-0.2, 0) is 20.6 Å². The van der Waals surface area contributed by atoms with Gasteiger partial charge >= 0.3 is 6.18 Å². The summed E-state index contributed by atoms with van der Waals surface area (Å²) in [6.45, 7) is 3.38. The second kappa shape index (κ2) is 8.02. The Labute approximate surface area is 172 Å². The van der Waals surface area contributed by atoms with Crippen molar-refractivity contribution in [2.45, 2.75) is 31.4 Å². The van der Waals surface area contributed by atoms with Crippen molar-refractivity contribution in [3.63, 3.8) is 0 Å². The molecule has 2 atom stereocenters. The fourth-order valence-corrected chi connectivity index (χ4v) is 4.32. The van der Waals surface area contributed by atoms with Crippen molar-refractivity contribution in [1.82, 2.24) is 14.7 Å². The molecule has 3 aliphatic rings. The molecule has 0 N–H and O–H groups in total. The minimum Gasteiger partial charge on any atom is -0.340 e. The average Bonchev–Trinajstić information content (AvgIpc) is 3.46. The number of benzene rings is 1. The van der Waals surface area contributed by atoms with Crippen LogP contribution in [0.5, 0.6) is 0 Å². The summed E-state index contributed by atoms with van der Waals surface area (Å²) >= 11 is 0. The van der Waals surface area contributed by atoms with E-state index in [9.17, 15) is 27.6 Å². The van der Waals surface area contributed by atoms with Crippen LogP contribution in [0, 0.1) is 5.92 Å². The standard InChI is InChI=1S/C21H24F3N3O3/c22-21(23,24)15-3-1-2-14(12-15)16-13-17(16)20(30)26-9-6-25(7-10-26)8-11-27-18(28)4-5-19(27)29/h1-3,12,16-17H,4-11,13H2. The number of amides is 3. The number of carbonyl (C=O) groups is 3. The van der Waals surface area contributed by atoms with Gasteiger partial charge in [0.15, 0.2) is 0 Å². The van der Waals surface area contributed by atoms with E-state index in [4.69, 9.17) is 0 Å². The number of nitrogens with zero attached hydrogens (tertiary/aromatic N) is 3. The molecule has 2 heterocycles. The van der Waals surface area contributed by atoms with Gasteiger partial charge in [-0.05, 0) is 24.0 Å². The first-order chi connectivity index (χ1) is 14.2. The third-order valence-corrected chi connectivity index (χ3v) is 6.23. The Balaban J connectivity index is 1.25. The number of alkyl halides is 3. The first-order valence-corrected chi connectivity index (χ1v) is 10.3. The number of piperazine rings is 1. The number of halogens is 3. The molecule has 0 bridgehead atoms. The van der Waals surface area contributed by atoms with Crippen molar-refractivity contribution in [3.8, 4) is 0 Å². The molecular weight excluding hydrogens is 399 g/mol. The Kier molecular flexibility index (Phi) is 5.57. The predicted octanol–water partition coefficient (Wildman–Crippen LogP) is 2.10. The van der Waals surface area contributed by atoms with Gasteiger partial charge in [0.05, 0.1) is 5.56 Å². The normalized spacial score (nSPS) is 25.2. The van der Waals surface area contributed by atoms with E-state index in [2.05, 4.69) is 4.90 Å². The monoisotopic (exact) mass is 423 g/mol. The first-order valence-electron chi connectivity index (χ1n) is 10.3. The van der Waals surface area contributed by atoms with Gasteiger partial charge in [-0.25, -0.2) is 0 Å². The van der Waals surface area contributed by atoms with E-state index < -0.39 is 11.7 Å². The second-order valence-corrected chi connectivity index (χ2v) is 8.18. The Hall–Kier alpha value is -2.42. The number of hydrogen-bond acceptors (Lipinski definition) is 4. The lowest BCUT2D eigenvalue weighted by Gasteiger charge is -2.35. The Morgan fingerprint density at radius 3 is 2.30 bits per heavy atom. The highest BCUT2D eigenvalue weighted by Crippen LogP contribution is 2.49. The quantitative estimate of drug-likeness (QED) is 0.681. The highest BCUT2D eigenvalue weighted by atomic mass is 19.4. The molecule has 2 saturated heterocycles. The van der Waals surface area contributed by atoms with Crippen LogP contribution in [-0.4, -0.2) is 71.7 Å². The third-order valence-electron chi connectivity index (χ3n) is 6.23. The zero-order valence-corrected chi connectivity index (χ0v) is 16.5. The second-order valence-electron chi connectivity index (χ2n) is 8.18. The SMILES string of the molecule is O=C(C1CC1c1cccc(C(F)(F)F)c1)N1CCN(CCN2C(=O)CCC2=O)CC1. The van der Waals surface area contributed by atoms with Crippen LogP contribution in [0.1, 0.15) is 36.3 Å². The topological polar surface area (TPSA) is 60.9 Å². The molecule has 1 saturated carbocycles. The molecule has 4 rings (SSSR count). The molecule has 162 valence electrons. The molecule has 1 aromatic carbocycles. The van der Waals surface area contributed by atoms with Crippen LogP contribution in [0.25, 0.3) is 0 Å². The van der Waals surface area contributed by atoms with E-state index in [1.165, 1.54) is 11.0 Å². The lowest BCUT2D eigenvalue weighted by molar-refractivity contribution is -0.139. The lowest BCUT2D eigenvalue weighted by atomic mass is 10.0. The molecule has 6 nitrogen and oxygen atoms in total. The number of likely N-dealkylation sites (tertiary alicyclic amines) is 1. The number of hydrogen-bond donors (Lipinski definition) is 0. The maximum atomic E-state index is 12.9. The Bertz CT molecular complexity index is 833. The summed E-state index contributed by atoms with van der Waals surface area (Å²) in [7, 11) is 0. The molecule has 3 fully saturated rings. The average molecular weight is 423 g/mol. The van der Waals surface area contributed by atoms with Crippen LogP contribution in [0.3, 0.4) is 0 Å². The third kappa shape index (κ3) is 4.35. The summed E-state index contributed by atoms with van der Waals surface area (Å²) in [4.78, 5) is 41.3. The molecule has 0 spiro atoms. The smallest absolute Gasteiger partial charge is 0.340 e. The summed E-state index contributed by atoms with van der Waals surface area (Å²) in [6.07, 6.45) is -3.23. The zero-order valence-electron chi connectivity index (χ0n) is 16.5. The van der Waals surface area contributed by atoms with Gasteiger partial charge in [-0.15, -0.1) is 0 Å². The van der Waals surface area contributed by atoms with Gasteiger partial charge in [-0.1, -0.05) is 18.2 Å². The van der Waals surface area contributed by atoms with E-state index in [1.54, 1.807) is 11.0 Å². The molecule has 0 radical (unpaired) electrons. The Morgan fingerprint density at radius 2 is 1.67 bits per heavy atom. The maximum Gasteiger partial charge on any atom is 0.416 e. The molecule has 9 heteroatoms. The van der Waals surface area contributed by atoms with E-state index in [0.717, 1.165) is 12.1 Å². The molecule has 30 heavy (non-hydrogen) atoms. The van der Waals surface area contributed by atoms with Gasteiger partial charge < -0.3 is 4.90 Å². The molecule has 0 aromatic heterocycles. The maximum absolute atomic E-state index is 12.9. The Morgan fingerprint density at radius 1 is 1.00 bits per heavy atom. The van der Waals surface area contributed by atoms with Crippen LogP contribution < -0.4 is 0 Å². The molecule has 3 amide bonds. The zero-order chi connectivity index (χ0) is 21.5. The molecule has 1 aromatic rings. The summed E-state index contributed by atoms with van der Waals surface area (Å²) in [6, 6.07) is 5.25. The largest absolute Gasteiger partial charge is 0.416 e. The van der Waals surface area contributed by atoms with Crippen molar-refractivity contribution in [2.24, 2.45) is 5.92 Å². The van der Waals surface area contributed by atoms with E-state index >= 15 is 0 Å². The van der Waals surface area contributed by atoms with Crippen LogP contribution in [0.4, 0.5) is 13.2 Å². The lowest BCUT2D eigenvalue weighted by Crippen LogP contribution is -2.51. The fourth-order valence-electron chi connectivity index (χ4n) is 4.32. The first kappa shape index (κ1) is 20.8. The minimum atomic E-state index is -4.38. The van der Waals surface area contributed by atoms with Crippen molar-refractivity contribution < 1.29 is 27.6 Å². The van der Waals surface area contributed by atoms with Gasteiger partial charge in [0.25, 0.3) is 0 Å². The fraction of sp³-hybridized carbons (Fsp3) is 0.571.